The maximum absolute atomic E-state index is 4.92. The van der Waals surface area contributed by atoms with Crippen LogP contribution in [0, 0.1) is 0 Å². The maximum atomic E-state index is 4.92. The first kappa shape index (κ1) is 23.0. The zero-order valence-corrected chi connectivity index (χ0v) is 22.6. The molecule has 3 heterocycles. The second-order valence-electron chi connectivity index (χ2n) is 10.7. The molecule has 0 saturated heterocycles. The fourth-order valence-corrected chi connectivity index (χ4v) is 6.55. The summed E-state index contributed by atoms with van der Waals surface area (Å²) in [6, 6.07) is 49.3. The lowest BCUT2D eigenvalue weighted by Gasteiger charge is -2.11. The van der Waals surface area contributed by atoms with Crippen LogP contribution in [0.5, 0.6) is 0 Å². The highest BCUT2D eigenvalue weighted by Gasteiger charge is 2.20. The zero-order valence-electron chi connectivity index (χ0n) is 22.6. The third-order valence-corrected chi connectivity index (χ3v) is 8.33. The van der Waals surface area contributed by atoms with Gasteiger partial charge in [0.2, 0.25) is 0 Å². The van der Waals surface area contributed by atoms with Crippen molar-refractivity contribution >= 4 is 54.6 Å². The van der Waals surface area contributed by atoms with Gasteiger partial charge in [0.15, 0.2) is 0 Å². The Bertz CT molecular complexity index is 2470. The van der Waals surface area contributed by atoms with Crippen LogP contribution in [0.2, 0.25) is 0 Å². The molecule has 4 heteroatoms. The van der Waals surface area contributed by atoms with Gasteiger partial charge >= 0.3 is 0 Å². The van der Waals surface area contributed by atoms with Gasteiger partial charge in [0.25, 0.3) is 0 Å². The number of rotatable bonds is 3. The molecule has 0 saturated carbocycles. The van der Waals surface area contributed by atoms with Gasteiger partial charge in [0.1, 0.15) is 0 Å². The summed E-state index contributed by atoms with van der Waals surface area (Å²) in [6.45, 7) is 0. The first-order chi connectivity index (χ1) is 20.8. The van der Waals surface area contributed by atoms with Crippen LogP contribution < -0.4 is 0 Å². The molecule has 4 nitrogen and oxygen atoms in total. The molecule has 0 aliphatic heterocycles. The molecule has 0 aliphatic carbocycles. The van der Waals surface area contributed by atoms with Crippen molar-refractivity contribution in [1.82, 2.24) is 19.1 Å². The quantitative estimate of drug-likeness (QED) is 0.225. The number of aromatic nitrogens is 4. The Morgan fingerprint density at radius 2 is 1.00 bits per heavy atom. The standard InChI is InChI=1S/C38H24N4/c1-2-12-26(13-3-1)41-33-19-8-4-15-28(33)37-35(41)21-22-36-38(37)29-16-5-9-20-34(29)42(36)27-14-10-11-25(23-27)32-24-39-30-17-6-7-18-31(30)40-32/h1-24H. The molecule has 6 aromatic carbocycles. The molecule has 0 spiro atoms. The molecule has 42 heavy (non-hydrogen) atoms. The summed E-state index contributed by atoms with van der Waals surface area (Å²) in [6.07, 6.45) is 1.87. The SMILES string of the molecule is c1ccc(-n2c3ccccc3c3c4c5ccccc5n(-c5cccc(-c6cnc7ccccc7n6)c5)c4ccc32)cc1. The summed E-state index contributed by atoms with van der Waals surface area (Å²) in [5.41, 5.74) is 10.7. The molecule has 0 fully saturated rings. The minimum atomic E-state index is 0.865. The van der Waals surface area contributed by atoms with Crippen molar-refractivity contribution in [3.63, 3.8) is 0 Å². The highest BCUT2D eigenvalue weighted by atomic mass is 15.0. The van der Waals surface area contributed by atoms with E-state index in [2.05, 4.69) is 129 Å². The van der Waals surface area contributed by atoms with Crippen LogP contribution >= 0.6 is 0 Å². The lowest BCUT2D eigenvalue weighted by atomic mass is 10.1. The number of hydrogen-bond donors (Lipinski definition) is 0. The molecular formula is C38H24N4. The smallest absolute Gasteiger partial charge is 0.0894 e. The molecule has 3 aromatic heterocycles. The average Bonchev–Trinajstić information content (AvgIpc) is 3.58. The summed E-state index contributed by atoms with van der Waals surface area (Å²) in [5.74, 6) is 0. The number of nitrogens with zero attached hydrogens (tertiary/aromatic N) is 4. The van der Waals surface area contributed by atoms with Crippen LogP contribution in [0.25, 0.3) is 77.3 Å². The second kappa shape index (κ2) is 8.88. The molecule has 196 valence electrons. The Kier molecular flexibility index (Phi) is 4.87. The van der Waals surface area contributed by atoms with Gasteiger partial charge in [-0.25, -0.2) is 4.98 Å². The van der Waals surface area contributed by atoms with Crippen molar-refractivity contribution in [1.29, 1.82) is 0 Å². The fraction of sp³-hybridized carbons (Fsp3) is 0. The monoisotopic (exact) mass is 536 g/mol. The molecular weight excluding hydrogens is 512 g/mol. The van der Waals surface area contributed by atoms with E-state index in [1.165, 1.54) is 43.6 Å². The largest absolute Gasteiger partial charge is 0.309 e. The van der Waals surface area contributed by atoms with Crippen molar-refractivity contribution in [2.75, 3.05) is 0 Å². The van der Waals surface area contributed by atoms with Gasteiger partial charge in [-0.05, 0) is 60.7 Å². The lowest BCUT2D eigenvalue weighted by Crippen LogP contribution is -1.96. The summed E-state index contributed by atoms with van der Waals surface area (Å²) in [7, 11) is 0. The van der Waals surface area contributed by atoms with E-state index in [9.17, 15) is 0 Å². The number of para-hydroxylation sites is 5. The molecule has 9 rings (SSSR count). The van der Waals surface area contributed by atoms with Crippen LogP contribution in [0.1, 0.15) is 0 Å². The highest BCUT2D eigenvalue weighted by molar-refractivity contribution is 6.28. The fourth-order valence-electron chi connectivity index (χ4n) is 6.55. The Morgan fingerprint density at radius 1 is 0.429 bits per heavy atom. The predicted octanol–water partition coefficient (Wildman–Crippen LogP) is 9.49. The molecule has 0 aliphatic rings. The van der Waals surface area contributed by atoms with Gasteiger partial charge < -0.3 is 9.13 Å². The number of fused-ring (bicyclic) bond motifs is 8. The molecule has 0 radical (unpaired) electrons. The van der Waals surface area contributed by atoms with Crippen LogP contribution in [-0.4, -0.2) is 19.1 Å². The van der Waals surface area contributed by atoms with Gasteiger partial charge in [-0.1, -0.05) is 78.9 Å². The normalized spacial score (nSPS) is 11.8. The van der Waals surface area contributed by atoms with Crippen LogP contribution in [0.3, 0.4) is 0 Å². The third-order valence-electron chi connectivity index (χ3n) is 8.33. The summed E-state index contributed by atoms with van der Waals surface area (Å²) in [4.78, 5) is 9.59. The van der Waals surface area contributed by atoms with Crippen molar-refractivity contribution < 1.29 is 0 Å². The maximum Gasteiger partial charge on any atom is 0.0894 e. The Labute approximate surface area is 241 Å². The van der Waals surface area contributed by atoms with Crippen LogP contribution in [0.4, 0.5) is 0 Å². The predicted molar refractivity (Wildman–Crippen MR) is 174 cm³/mol. The van der Waals surface area contributed by atoms with Gasteiger partial charge in [0.05, 0.1) is 45.0 Å². The number of benzene rings is 6. The molecule has 9 aromatic rings. The van der Waals surface area contributed by atoms with E-state index in [1.54, 1.807) is 0 Å². The molecule has 0 amide bonds. The minimum absolute atomic E-state index is 0.865. The summed E-state index contributed by atoms with van der Waals surface area (Å²) < 4.78 is 4.77. The Balaban J connectivity index is 1.35. The lowest BCUT2D eigenvalue weighted by molar-refractivity contribution is 1.17. The van der Waals surface area contributed by atoms with Crippen molar-refractivity contribution in [3.05, 3.63) is 146 Å². The summed E-state index contributed by atoms with van der Waals surface area (Å²) >= 11 is 0. The first-order valence-electron chi connectivity index (χ1n) is 14.2. The van der Waals surface area contributed by atoms with E-state index >= 15 is 0 Å². The third kappa shape index (κ3) is 3.29. The van der Waals surface area contributed by atoms with Crippen molar-refractivity contribution in [3.8, 4) is 22.6 Å². The van der Waals surface area contributed by atoms with Crippen molar-refractivity contribution in [2.24, 2.45) is 0 Å². The molecule has 0 N–H and O–H groups in total. The topological polar surface area (TPSA) is 35.6 Å². The second-order valence-corrected chi connectivity index (χ2v) is 10.7. The van der Waals surface area contributed by atoms with E-state index in [0.29, 0.717) is 0 Å². The molecule has 0 atom stereocenters. The van der Waals surface area contributed by atoms with E-state index < -0.39 is 0 Å². The highest BCUT2D eigenvalue weighted by Crippen LogP contribution is 2.42. The average molecular weight is 537 g/mol. The minimum Gasteiger partial charge on any atom is -0.309 e. The van der Waals surface area contributed by atoms with Crippen LogP contribution in [0.15, 0.2) is 146 Å². The van der Waals surface area contributed by atoms with E-state index in [0.717, 1.165) is 33.7 Å². The number of hydrogen-bond acceptors (Lipinski definition) is 2. The Hall–Kier alpha value is -5.74. The first-order valence-corrected chi connectivity index (χ1v) is 14.2. The van der Waals surface area contributed by atoms with Gasteiger partial charge in [-0.2, -0.15) is 0 Å². The van der Waals surface area contributed by atoms with Gasteiger partial charge in [-0.3, -0.25) is 4.98 Å². The van der Waals surface area contributed by atoms with E-state index in [-0.39, 0.29) is 0 Å². The zero-order chi connectivity index (χ0) is 27.6. The van der Waals surface area contributed by atoms with Crippen LogP contribution in [-0.2, 0) is 0 Å². The summed E-state index contributed by atoms with van der Waals surface area (Å²) in [5, 5.41) is 5.04. The Morgan fingerprint density at radius 3 is 1.71 bits per heavy atom. The van der Waals surface area contributed by atoms with Gasteiger partial charge in [0, 0.05) is 38.5 Å². The molecule has 0 unspecified atom stereocenters. The molecule has 0 bridgehead atoms. The van der Waals surface area contributed by atoms with Gasteiger partial charge in [-0.15, -0.1) is 0 Å². The van der Waals surface area contributed by atoms with E-state index in [1.807, 2.05) is 30.5 Å². The van der Waals surface area contributed by atoms with E-state index in [4.69, 9.17) is 4.98 Å². The van der Waals surface area contributed by atoms with Crippen molar-refractivity contribution in [2.45, 2.75) is 0 Å².